The molecule has 24 heavy (non-hydrogen) atoms. The first-order chi connectivity index (χ1) is 11.6. The van der Waals surface area contributed by atoms with E-state index in [1.807, 2.05) is 0 Å². The van der Waals surface area contributed by atoms with E-state index in [1.54, 1.807) is 36.5 Å². The number of nitrogens with one attached hydrogen (secondary N) is 1. The lowest BCUT2D eigenvalue weighted by molar-refractivity contribution is 0.102. The molecule has 0 saturated heterocycles. The molecule has 0 unspecified atom stereocenters. The van der Waals surface area contributed by atoms with E-state index in [4.69, 9.17) is 23.2 Å². The van der Waals surface area contributed by atoms with Crippen LogP contribution in [-0.2, 0) is 0 Å². The highest BCUT2D eigenvalue weighted by Crippen LogP contribution is 2.30. The molecule has 0 spiro atoms. The van der Waals surface area contributed by atoms with Crippen molar-refractivity contribution >= 4 is 45.6 Å². The molecule has 0 saturated carbocycles. The first kappa shape index (κ1) is 16.4. The quantitative estimate of drug-likeness (QED) is 0.724. The Labute approximate surface area is 151 Å². The SMILES string of the molecule is N#Cc1sc(NC(=O)c2ccc(Cl)c(Cl)c2)nc1-c1ccccn1. The van der Waals surface area contributed by atoms with Crippen LogP contribution in [0.1, 0.15) is 15.2 Å². The molecule has 3 aromatic rings. The summed E-state index contributed by atoms with van der Waals surface area (Å²) >= 11 is 12.8. The van der Waals surface area contributed by atoms with Crippen LogP contribution in [0.3, 0.4) is 0 Å². The molecule has 3 rings (SSSR count). The summed E-state index contributed by atoms with van der Waals surface area (Å²) < 4.78 is 0. The molecule has 0 aliphatic carbocycles. The zero-order chi connectivity index (χ0) is 17.1. The number of rotatable bonds is 3. The van der Waals surface area contributed by atoms with Gasteiger partial charge in [0.1, 0.15) is 16.6 Å². The number of pyridine rings is 1. The number of nitrogens with zero attached hydrogens (tertiary/aromatic N) is 3. The average molecular weight is 375 g/mol. The topological polar surface area (TPSA) is 78.7 Å². The summed E-state index contributed by atoms with van der Waals surface area (Å²) in [4.78, 5) is 21.1. The average Bonchev–Trinajstić information content (AvgIpc) is 3.01. The third-order valence-corrected chi connectivity index (χ3v) is 4.65. The Morgan fingerprint density at radius 3 is 2.71 bits per heavy atom. The van der Waals surface area contributed by atoms with Gasteiger partial charge < -0.3 is 0 Å². The Hall–Kier alpha value is -2.46. The van der Waals surface area contributed by atoms with Gasteiger partial charge in [-0.1, -0.05) is 40.6 Å². The minimum absolute atomic E-state index is 0.287. The molecule has 1 aromatic carbocycles. The number of anilines is 1. The van der Waals surface area contributed by atoms with Gasteiger partial charge in [-0.25, -0.2) is 4.98 Å². The van der Waals surface area contributed by atoms with Gasteiger partial charge in [0.05, 0.1) is 15.7 Å². The molecule has 118 valence electrons. The van der Waals surface area contributed by atoms with Gasteiger partial charge in [0.2, 0.25) is 0 Å². The molecule has 2 aromatic heterocycles. The number of hydrogen-bond donors (Lipinski definition) is 1. The fraction of sp³-hybridized carbons (Fsp3) is 0. The molecule has 0 fully saturated rings. The van der Waals surface area contributed by atoms with E-state index in [9.17, 15) is 10.1 Å². The molecule has 1 N–H and O–H groups in total. The van der Waals surface area contributed by atoms with E-state index in [-0.39, 0.29) is 10.9 Å². The van der Waals surface area contributed by atoms with E-state index >= 15 is 0 Å². The van der Waals surface area contributed by atoms with Crippen LogP contribution in [0.25, 0.3) is 11.4 Å². The van der Waals surface area contributed by atoms with Gasteiger partial charge in [0, 0.05) is 11.8 Å². The van der Waals surface area contributed by atoms with E-state index in [0.29, 0.717) is 32.0 Å². The van der Waals surface area contributed by atoms with Crippen LogP contribution in [0.5, 0.6) is 0 Å². The molecule has 0 aliphatic rings. The van der Waals surface area contributed by atoms with Crippen LogP contribution in [0.2, 0.25) is 10.0 Å². The van der Waals surface area contributed by atoms with Crippen molar-refractivity contribution in [3.05, 3.63) is 63.1 Å². The Balaban J connectivity index is 1.88. The molecule has 0 aliphatic heterocycles. The van der Waals surface area contributed by atoms with E-state index < -0.39 is 0 Å². The minimum Gasteiger partial charge on any atom is -0.298 e. The lowest BCUT2D eigenvalue weighted by atomic mass is 10.2. The fourth-order valence-electron chi connectivity index (χ4n) is 1.93. The predicted octanol–water partition coefficient (Wildman–Crippen LogP) is 4.64. The van der Waals surface area contributed by atoms with Gasteiger partial charge in [-0.15, -0.1) is 0 Å². The first-order valence-electron chi connectivity index (χ1n) is 6.67. The highest BCUT2D eigenvalue weighted by Gasteiger charge is 2.16. The smallest absolute Gasteiger partial charge is 0.257 e. The predicted molar refractivity (Wildman–Crippen MR) is 94.5 cm³/mol. The second-order valence-corrected chi connectivity index (χ2v) is 6.42. The van der Waals surface area contributed by atoms with Crippen molar-refractivity contribution in [1.82, 2.24) is 9.97 Å². The van der Waals surface area contributed by atoms with Crippen LogP contribution in [0.15, 0.2) is 42.6 Å². The van der Waals surface area contributed by atoms with Crippen molar-refractivity contribution in [2.75, 3.05) is 5.32 Å². The minimum atomic E-state index is -0.389. The third kappa shape index (κ3) is 3.39. The third-order valence-electron chi connectivity index (χ3n) is 3.04. The zero-order valence-electron chi connectivity index (χ0n) is 12.0. The van der Waals surface area contributed by atoms with Gasteiger partial charge in [0.25, 0.3) is 5.91 Å². The summed E-state index contributed by atoms with van der Waals surface area (Å²) in [5.74, 6) is -0.389. The highest BCUT2D eigenvalue weighted by atomic mass is 35.5. The lowest BCUT2D eigenvalue weighted by Gasteiger charge is -2.03. The number of carbonyl (C=O) groups is 1. The van der Waals surface area contributed by atoms with Crippen molar-refractivity contribution in [3.63, 3.8) is 0 Å². The molecule has 2 heterocycles. The van der Waals surface area contributed by atoms with Crippen molar-refractivity contribution in [2.24, 2.45) is 0 Å². The van der Waals surface area contributed by atoms with E-state index in [2.05, 4.69) is 21.4 Å². The highest BCUT2D eigenvalue weighted by molar-refractivity contribution is 7.16. The zero-order valence-corrected chi connectivity index (χ0v) is 14.3. The van der Waals surface area contributed by atoms with Crippen molar-refractivity contribution in [3.8, 4) is 17.5 Å². The van der Waals surface area contributed by atoms with E-state index in [1.165, 1.54) is 6.07 Å². The van der Waals surface area contributed by atoms with Crippen LogP contribution < -0.4 is 5.32 Å². The van der Waals surface area contributed by atoms with Crippen molar-refractivity contribution in [2.45, 2.75) is 0 Å². The summed E-state index contributed by atoms with van der Waals surface area (Å²) in [6.07, 6.45) is 1.61. The number of carbonyl (C=O) groups excluding carboxylic acids is 1. The molecule has 0 atom stereocenters. The van der Waals surface area contributed by atoms with Gasteiger partial charge in [0.15, 0.2) is 5.13 Å². The number of aromatic nitrogens is 2. The molecular weight excluding hydrogens is 367 g/mol. The molecule has 5 nitrogen and oxygen atoms in total. The van der Waals surface area contributed by atoms with Gasteiger partial charge in [-0.3, -0.25) is 15.1 Å². The van der Waals surface area contributed by atoms with Crippen molar-refractivity contribution < 1.29 is 4.79 Å². The Morgan fingerprint density at radius 1 is 1.21 bits per heavy atom. The number of amides is 1. The maximum absolute atomic E-state index is 12.3. The first-order valence-corrected chi connectivity index (χ1v) is 8.24. The largest absolute Gasteiger partial charge is 0.298 e. The summed E-state index contributed by atoms with van der Waals surface area (Å²) in [5.41, 5.74) is 1.35. The standard InChI is InChI=1S/C16H8Cl2N4OS/c17-10-5-4-9(7-11(10)18)15(23)22-16-21-14(13(8-19)24-16)12-3-1-2-6-20-12/h1-7H,(H,21,22,23). The number of nitriles is 1. The molecule has 8 heteroatoms. The Kier molecular flexibility index (Phi) is 4.76. The number of halogens is 2. The molecular formula is C16H8Cl2N4OS. The van der Waals surface area contributed by atoms with Gasteiger partial charge in [-0.2, -0.15) is 5.26 Å². The summed E-state index contributed by atoms with van der Waals surface area (Å²) in [5, 5.41) is 12.9. The van der Waals surface area contributed by atoms with E-state index in [0.717, 1.165) is 11.3 Å². The molecule has 0 bridgehead atoms. The van der Waals surface area contributed by atoms with Crippen LogP contribution >= 0.6 is 34.5 Å². The van der Waals surface area contributed by atoms with Crippen LogP contribution in [0.4, 0.5) is 5.13 Å². The summed E-state index contributed by atoms with van der Waals surface area (Å²) in [6.45, 7) is 0. The number of thiazole rings is 1. The van der Waals surface area contributed by atoms with Crippen LogP contribution in [0, 0.1) is 11.3 Å². The lowest BCUT2D eigenvalue weighted by Crippen LogP contribution is -2.11. The summed E-state index contributed by atoms with van der Waals surface area (Å²) in [7, 11) is 0. The van der Waals surface area contributed by atoms with Crippen LogP contribution in [-0.4, -0.2) is 15.9 Å². The normalized spacial score (nSPS) is 10.2. The summed E-state index contributed by atoms with van der Waals surface area (Å²) in [6, 6.07) is 12.0. The number of hydrogen-bond acceptors (Lipinski definition) is 5. The fourth-order valence-corrected chi connectivity index (χ4v) is 3.00. The monoisotopic (exact) mass is 374 g/mol. The second-order valence-electron chi connectivity index (χ2n) is 4.61. The second kappa shape index (κ2) is 6.97. The Bertz CT molecular complexity index is 950. The maximum atomic E-state index is 12.3. The Morgan fingerprint density at radius 2 is 2.04 bits per heavy atom. The molecule has 0 radical (unpaired) electrons. The number of benzene rings is 1. The molecule has 1 amide bonds. The maximum Gasteiger partial charge on any atom is 0.257 e. The van der Waals surface area contributed by atoms with Gasteiger partial charge >= 0.3 is 0 Å². The van der Waals surface area contributed by atoms with Crippen molar-refractivity contribution in [1.29, 1.82) is 5.26 Å². The van der Waals surface area contributed by atoms with Gasteiger partial charge in [-0.05, 0) is 30.3 Å².